The summed E-state index contributed by atoms with van der Waals surface area (Å²) in [6.07, 6.45) is 1.66. The molecule has 0 aliphatic heterocycles. The molecule has 100 valence electrons. The molecule has 19 heavy (non-hydrogen) atoms. The molecule has 0 spiro atoms. The summed E-state index contributed by atoms with van der Waals surface area (Å²) >= 11 is 4.21. The molecule has 0 aliphatic carbocycles. The number of hydrogen-bond donors (Lipinski definition) is 1. The number of hydrogen-bond acceptors (Lipinski definition) is 3. The van der Waals surface area contributed by atoms with Crippen molar-refractivity contribution in [3.63, 3.8) is 0 Å². The molecule has 1 heterocycles. The van der Waals surface area contributed by atoms with Gasteiger partial charge in [0.1, 0.15) is 5.82 Å². The second kappa shape index (κ2) is 5.75. The highest BCUT2D eigenvalue weighted by molar-refractivity contribution is 9.10. The summed E-state index contributed by atoms with van der Waals surface area (Å²) in [5.74, 6) is -1.40. The van der Waals surface area contributed by atoms with E-state index in [2.05, 4.69) is 27.5 Å². The number of carboxylic acid groups (broad SMARTS) is 1. The van der Waals surface area contributed by atoms with Crippen LogP contribution >= 0.6 is 27.7 Å². The highest BCUT2D eigenvalue weighted by atomic mass is 79.9. The van der Waals surface area contributed by atoms with E-state index in [-0.39, 0.29) is 11.6 Å². The number of thioether (sulfide) groups is 1. The lowest BCUT2D eigenvalue weighted by atomic mass is 10.3. The molecule has 0 radical (unpaired) electrons. The van der Waals surface area contributed by atoms with Crippen LogP contribution in [-0.2, 0) is 11.3 Å². The predicted octanol–water partition coefficient (Wildman–Crippen LogP) is 3.30. The van der Waals surface area contributed by atoms with E-state index in [9.17, 15) is 9.18 Å². The molecule has 0 fully saturated rings. The summed E-state index contributed by atoms with van der Waals surface area (Å²) in [5.41, 5.74) is 1.23. The molecule has 0 atom stereocenters. The van der Waals surface area contributed by atoms with E-state index in [0.29, 0.717) is 27.2 Å². The van der Waals surface area contributed by atoms with Gasteiger partial charge in [-0.15, -0.1) is 6.58 Å². The number of carbonyl (C=O) groups is 1. The van der Waals surface area contributed by atoms with Gasteiger partial charge in [-0.25, -0.2) is 9.37 Å². The average molecular weight is 345 g/mol. The minimum Gasteiger partial charge on any atom is -0.481 e. The van der Waals surface area contributed by atoms with Crippen molar-refractivity contribution in [1.82, 2.24) is 9.55 Å². The van der Waals surface area contributed by atoms with Crippen molar-refractivity contribution in [2.24, 2.45) is 0 Å². The molecule has 1 aromatic heterocycles. The molecule has 4 nitrogen and oxygen atoms in total. The molecule has 2 rings (SSSR count). The van der Waals surface area contributed by atoms with Crippen molar-refractivity contribution in [1.29, 1.82) is 0 Å². The smallest absolute Gasteiger partial charge is 0.313 e. The average Bonchev–Trinajstić information content (AvgIpc) is 2.66. The number of aliphatic carboxylic acids is 1. The molecular weight excluding hydrogens is 335 g/mol. The maximum absolute atomic E-state index is 13.6. The zero-order valence-corrected chi connectivity index (χ0v) is 12.2. The summed E-state index contributed by atoms with van der Waals surface area (Å²) in [6.45, 7) is 4.09. The Hall–Kier alpha value is -1.34. The van der Waals surface area contributed by atoms with Crippen molar-refractivity contribution in [2.75, 3.05) is 5.75 Å². The van der Waals surface area contributed by atoms with E-state index in [4.69, 9.17) is 5.11 Å². The summed E-state index contributed by atoms with van der Waals surface area (Å²) in [6, 6.07) is 2.95. The van der Waals surface area contributed by atoms with Gasteiger partial charge < -0.3 is 9.67 Å². The first-order valence-electron chi connectivity index (χ1n) is 5.33. The number of fused-ring (bicyclic) bond motifs is 1. The van der Waals surface area contributed by atoms with Gasteiger partial charge in [0.15, 0.2) is 5.16 Å². The van der Waals surface area contributed by atoms with Gasteiger partial charge in [-0.2, -0.15) is 0 Å². The van der Waals surface area contributed by atoms with E-state index < -0.39 is 5.97 Å². The van der Waals surface area contributed by atoms with Crippen molar-refractivity contribution >= 4 is 44.7 Å². The molecule has 0 amide bonds. The van der Waals surface area contributed by atoms with Crippen LogP contribution in [0, 0.1) is 5.82 Å². The monoisotopic (exact) mass is 344 g/mol. The lowest BCUT2D eigenvalue weighted by Crippen LogP contribution is -2.02. The van der Waals surface area contributed by atoms with Gasteiger partial charge in [0.05, 0.1) is 21.3 Å². The van der Waals surface area contributed by atoms with Crippen LogP contribution in [0.5, 0.6) is 0 Å². The van der Waals surface area contributed by atoms with Crippen LogP contribution in [-0.4, -0.2) is 26.4 Å². The first-order valence-corrected chi connectivity index (χ1v) is 7.11. The Morgan fingerprint density at radius 3 is 3.00 bits per heavy atom. The lowest BCUT2D eigenvalue weighted by Gasteiger charge is -2.04. The molecule has 7 heteroatoms. The highest BCUT2D eigenvalue weighted by Gasteiger charge is 2.14. The maximum atomic E-state index is 13.6. The van der Waals surface area contributed by atoms with E-state index in [1.54, 1.807) is 16.7 Å². The Kier molecular flexibility index (Phi) is 4.26. The Morgan fingerprint density at radius 2 is 2.37 bits per heavy atom. The molecule has 0 bridgehead atoms. The van der Waals surface area contributed by atoms with Crippen LogP contribution in [0.25, 0.3) is 11.0 Å². The maximum Gasteiger partial charge on any atom is 0.313 e. The van der Waals surface area contributed by atoms with E-state index in [0.717, 1.165) is 11.8 Å². The zero-order valence-electron chi connectivity index (χ0n) is 9.77. The minimum atomic E-state index is -0.922. The lowest BCUT2D eigenvalue weighted by molar-refractivity contribution is -0.133. The number of aromatic nitrogens is 2. The quantitative estimate of drug-likeness (QED) is 0.667. The minimum absolute atomic E-state index is 0.0931. The SMILES string of the molecule is C=CCn1c(SCC(=O)O)nc2cc(Br)c(F)cc21. The Labute approximate surface area is 121 Å². The van der Waals surface area contributed by atoms with Crippen molar-refractivity contribution in [2.45, 2.75) is 11.7 Å². The van der Waals surface area contributed by atoms with Crippen LogP contribution in [0.2, 0.25) is 0 Å². The summed E-state index contributed by atoms with van der Waals surface area (Å²) in [4.78, 5) is 14.9. The van der Waals surface area contributed by atoms with Crippen LogP contribution in [0.3, 0.4) is 0 Å². The normalized spacial score (nSPS) is 10.8. The number of carboxylic acids is 1. The van der Waals surface area contributed by atoms with Gasteiger partial charge in [-0.05, 0) is 22.0 Å². The van der Waals surface area contributed by atoms with E-state index >= 15 is 0 Å². The number of rotatable bonds is 5. The summed E-state index contributed by atoms with van der Waals surface area (Å²) in [5, 5.41) is 9.25. The standard InChI is InChI=1S/C12H10BrFN2O2S/c1-2-3-16-10-5-8(14)7(13)4-9(10)15-12(16)19-6-11(17)18/h2,4-5H,1,3,6H2,(H,17,18). The first kappa shape index (κ1) is 14.1. The molecule has 0 saturated carbocycles. The highest BCUT2D eigenvalue weighted by Crippen LogP contribution is 2.28. The van der Waals surface area contributed by atoms with Gasteiger partial charge in [-0.1, -0.05) is 17.8 Å². The number of nitrogens with zero attached hydrogens (tertiary/aromatic N) is 2. The fraction of sp³-hybridized carbons (Fsp3) is 0.167. The van der Waals surface area contributed by atoms with E-state index in [1.807, 2.05) is 0 Å². The topological polar surface area (TPSA) is 55.1 Å². The predicted molar refractivity (Wildman–Crippen MR) is 75.9 cm³/mol. The third kappa shape index (κ3) is 2.98. The van der Waals surface area contributed by atoms with Crippen LogP contribution in [0.4, 0.5) is 4.39 Å². The van der Waals surface area contributed by atoms with E-state index in [1.165, 1.54) is 6.07 Å². The van der Waals surface area contributed by atoms with Gasteiger partial charge in [0.25, 0.3) is 0 Å². The molecular formula is C12H10BrFN2O2S. The fourth-order valence-electron chi connectivity index (χ4n) is 1.64. The number of halogens is 2. The molecule has 1 aromatic carbocycles. The number of allylic oxidation sites excluding steroid dienone is 1. The molecule has 0 unspecified atom stereocenters. The number of imidazole rings is 1. The van der Waals surface area contributed by atoms with Gasteiger partial charge >= 0.3 is 5.97 Å². The van der Waals surface area contributed by atoms with Gasteiger partial charge in [0.2, 0.25) is 0 Å². The van der Waals surface area contributed by atoms with Crippen molar-refractivity contribution in [3.05, 3.63) is 35.1 Å². The Bertz CT molecular complexity index is 657. The van der Waals surface area contributed by atoms with Gasteiger partial charge in [-0.3, -0.25) is 4.79 Å². The second-order valence-corrected chi connectivity index (χ2v) is 5.53. The van der Waals surface area contributed by atoms with Crippen LogP contribution in [0.1, 0.15) is 0 Å². The second-order valence-electron chi connectivity index (χ2n) is 3.73. The first-order chi connectivity index (χ1) is 9.02. The van der Waals surface area contributed by atoms with Crippen LogP contribution < -0.4 is 0 Å². The molecule has 1 N–H and O–H groups in total. The third-order valence-electron chi connectivity index (χ3n) is 2.39. The van der Waals surface area contributed by atoms with Crippen molar-refractivity contribution < 1.29 is 14.3 Å². The Morgan fingerprint density at radius 1 is 1.63 bits per heavy atom. The summed E-state index contributed by atoms with van der Waals surface area (Å²) in [7, 11) is 0. The summed E-state index contributed by atoms with van der Waals surface area (Å²) < 4.78 is 15.7. The van der Waals surface area contributed by atoms with Crippen molar-refractivity contribution in [3.8, 4) is 0 Å². The molecule has 2 aromatic rings. The number of benzene rings is 1. The Balaban J connectivity index is 2.52. The van der Waals surface area contributed by atoms with Gasteiger partial charge in [0, 0.05) is 12.6 Å². The van der Waals surface area contributed by atoms with Crippen LogP contribution in [0.15, 0.2) is 34.4 Å². The third-order valence-corrected chi connectivity index (χ3v) is 3.96. The largest absolute Gasteiger partial charge is 0.481 e. The molecule has 0 aliphatic rings. The fourth-order valence-corrected chi connectivity index (χ4v) is 2.72. The zero-order chi connectivity index (χ0) is 14.0. The molecule has 0 saturated heterocycles.